The van der Waals surface area contributed by atoms with Crippen molar-refractivity contribution in [3.63, 3.8) is 0 Å². The number of rotatable bonds is 10. The molecule has 26 heavy (non-hydrogen) atoms. The lowest BCUT2D eigenvalue weighted by molar-refractivity contribution is 0.208. The van der Waals surface area contributed by atoms with Crippen molar-refractivity contribution in [3.8, 4) is 5.75 Å². The second-order valence-corrected chi connectivity index (χ2v) is 5.57. The zero-order chi connectivity index (χ0) is 17.7. The highest BCUT2D eigenvalue weighted by Crippen LogP contribution is 2.10. The Labute approximate surface area is 172 Å². The number of nitrogens with one attached hydrogen (secondary N) is 2. The van der Waals surface area contributed by atoms with Gasteiger partial charge in [0.25, 0.3) is 0 Å². The smallest absolute Gasteiger partial charge is 0.191 e. The fourth-order valence-electron chi connectivity index (χ4n) is 2.15. The quantitative estimate of drug-likeness (QED) is 0.240. The van der Waals surface area contributed by atoms with E-state index < -0.39 is 0 Å². The van der Waals surface area contributed by atoms with E-state index in [0.717, 1.165) is 30.4 Å². The molecule has 2 N–H and O–H groups in total. The Kier molecular flexibility index (Phi) is 11.5. The number of hydrogen-bond donors (Lipinski definition) is 2. The van der Waals surface area contributed by atoms with Gasteiger partial charge in [-0.1, -0.05) is 17.7 Å². The minimum Gasteiger partial charge on any atom is -0.492 e. The summed E-state index contributed by atoms with van der Waals surface area (Å²) in [6.07, 6.45) is 2.49. The van der Waals surface area contributed by atoms with Crippen LogP contribution >= 0.6 is 24.0 Å². The van der Waals surface area contributed by atoms with Crippen molar-refractivity contribution in [1.82, 2.24) is 10.6 Å². The molecule has 1 heterocycles. The van der Waals surface area contributed by atoms with Crippen LogP contribution in [0.4, 0.5) is 0 Å². The van der Waals surface area contributed by atoms with Crippen LogP contribution in [0.1, 0.15) is 11.3 Å². The van der Waals surface area contributed by atoms with Gasteiger partial charge in [-0.15, -0.1) is 24.0 Å². The van der Waals surface area contributed by atoms with Crippen LogP contribution in [0.3, 0.4) is 0 Å². The minimum atomic E-state index is 0. The molecule has 0 aliphatic rings. The second kappa shape index (κ2) is 13.5. The molecule has 0 unspecified atom stereocenters. The van der Waals surface area contributed by atoms with Crippen LogP contribution in [0.25, 0.3) is 0 Å². The van der Waals surface area contributed by atoms with E-state index in [1.807, 2.05) is 36.4 Å². The summed E-state index contributed by atoms with van der Waals surface area (Å²) >= 11 is 0. The standard InChI is InChI=1S/C19H27N3O3.HI/c1-16-5-7-18(8-6-16)25-15-12-22-19(21-11-14-23-2)20-10-9-17-4-3-13-24-17;/h3-8,13H,9-12,14-15H2,1-2H3,(H2,20,21,22);1H. The monoisotopic (exact) mass is 473 g/mol. The highest BCUT2D eigenvalue weighted by Gasteiger charge is 2.01. The fourth-order valence-corrected chi connectivity index (χ4v) is 2.15. The molecule has 0 atom stereocenters. The topological polar surface area (TPSA) is 68.0 Å². The number of hydrogen-bond acceptors (Lipinski definition) is 4. The van der Waals surface area contributed by atoms with Crippen LogP contribution in [-0.2, 0) is 11.2 Å². The van der Waals surface area contributed by atoms with E-state index in [1.54, 1.807) is 13.4 Å². The van der Waals surface area contributed by atoms with Crippen LogP contribution < -0.4 is 15.4 Å². The molecule has 6 nitrogen and oxygen atoms in total. The van der Waals surface area contributed by atoms with E-state index in [2.05, 4.69) is 22.5 Å². The molecule has 1 aromatic heterocycles. The molecule has 0 amide bonds. The first kappa shape index (κ1) is 22.3. The third-order valence-corrected chi connectivity index (χ3v) is 3.49. The van der Waals surface area contributed by atoms with E-state index in [0.29, 0.717) is 26.3 Å². The SMILES string of the molecule is COCCN=C(NCCOc1ccc(C)cc1)NCCc1ccco1.I. The summed E-state index contributed by atoms with van der Waals surface area (Å²) in [4.78, 5) is 4.47. The predicted molar refractivity (Wildman–Crippen MR) is 115 cm³/mol. The Bertz CT molecular complexity index is 615. The maximum absolute atomic E-state index is 5.72. The first-order chi connectivity index (χ1) is 12.3. The van der Waals surface area contributed by atoms with E-state index in [1.165, 1.54) is 5.56 Å². The van der Waals surface area contributed by atoms with Crippen LogP contribution in [0, 0.1) is 6.92 Å². The number of benzene rings is 1. The van der Waals surface area contributed by atoms with E-state index in [-0.39, 0.29) is 24.0 Å². The van der Waals surface area contributed by atoms with Gasteiger partial charge in [0, 0.05) is 20.1 Å². The van der Waals surface area contributed by atoms with Gasteiger partial charge in [-0.25, -0.2) is 0 Å². The van der Waals surface area contributed by atoms with Gasteiger partial charge >= 0.3 is 0 Å². The fraction of sp³-hybridized carbons (Fsp3) is 0.421. The number of halogens is 1. The summed E-state index contributed by atoms with van der Waals surface area (Å²) < 4.78 is 16.1. The van der Waals surface area contributed by atoms with Crippen molar-refractivity contribution in [2.24, 2.45) is 4.99 Å². The molecule has 0 aliphatic heterocycles. The maximum Gasteiger partial charge on any atom is 0.191 e. The van der Waals surface area contributed by atoms with Gasteiger partial charge in [-0.3, -0.25) is 4.99 Å². The number of guanidine groups is 1. The lowest BCUT2D eigenvalue weighted by Gasteiger charge is -2.13. The molecule has 0 radical (unpaired) electrons. The Morgan fingerprint density at radius 1 is 1.08 bits per heavy atom. The molecule has 0 spiro atoms. The Hall–Kier alpha value is -1.74. The van der Waals surface area contributed by atoms with E-state index in [9.17, 15) is 0 Å². The molecule has 0 saturated carbocycles. The Morgan fingerprint density at radius 3 is 2.54 bits per heavy atom. The lowest BCUT2D eigenvalue weighted by atomic mass is 10.2. The number of furan rings is 1. The average Bonchev–Trinajstić information content (AvgIpc) is 3.13. The largest absolute Gasteiger partial charge is 0.492 e. The van der Waals surface area contributed by atoms with Crippen molar-refractivity contribution >= 4 is 29.9 Å². The van der Waals surface area contributed by atoms with Gasteiger partial charge in [-0.2, -0.15) is 0 Å². The highest BCUT2D eigenvalue weighted by molar-refractivity contribution is 14.0. The van der Waals surface area contributed by atoms with Crippen molar-refractivity contribution in [2.75, 3.05) is 40.0 Å². The highest BCUT2D eigenvalue weighted by atomic mass is 127. The molecule has 0 aliphatic carbocycles. The van der Waals surface area contributed by atoms with Gasteiger partial charge in [-0.05, 0) is 31.2 Å². The molecule has 7 heteroatoms. The van der Waals surface area contributed by atoms with Crippen molar-refractivity contribution in [3.05, 3.63) is 54.0 Å². The average molecular weight is 473 g/mol. The normalized spacial score (nSPS) is 10.9. The van der Waals surface area contributed by atoms with E-state index in [4.69, 9.17) is 13.9 Å². The Morgan fingerprint density at radius 2 is 1.85 bits per heavy atom. The summed E-state index contributed by atoms with van der Waals surface area (Å²) in [6.45, 7) is 5.21. The zero-order valence-electron chi connectivity index (χ0n) is 15.4. The molecule has 1 aromatic carbocycles. The molecule has 2 rings (SSSR count). The number of aryl methyl sites for hydroxylation is 1. The molecular formula is C19H28IN3O3. The molecule has 144 valence electrons. The van der Waals surface area contributed by atoms with Gasteiger partial charge in [0.1, 0.15) is 18.1 Å². The summed E-state index contributed by atoms with van der Waals surface area (Å²) in [5.74, 6) is 2.57. The molecule has 0 saturated heterocycles. The maximum atomic E-state index is 5.72. The number of aliphatic imine (C=N–C) groups is 1. The van der Waals surface area contributed by atoms with Crippen LogP contribution in [0.2, 0.25) is 0 Å². The number of nitrogens with zero attached hydrogens (tertiary/aromatic N) is 1. The number of ether oxygens (including phenoxy) is 2. The summed E-state index contributed by atoms with van der Waals surface area (Å²) in [5, 5.41) is 6.56. The summed E-state index contributed by atoms with van der Waals surface area (Å²) in [7, 11) is 1.67. The zero-order valence-corrected chi connectivity index (χ0v) is 17.7. The number of methoxy groups -OCH3 is 1. The van der Waals surface area contributed by atoms with Crippen molar-refractivity contribution in [1.29, 1.82) is 0 Å². The molecule has 0 fully saturated rings. The van der Waals surface area contributed by atoms with Crippen LogP contribution in [0.15, 0.2) is 52.1 Å². The summed E-state index contributed by atoms with van der Waals surface area (Å²) in [6, 6.07) is 11.9. The first-order valence-electron chi connectivity index (χ1n) is 8.51. The van der Waals surface area contributed by atoms with Crippen molar-refractivity contribution < 1.29 is 13.9 Å². The van der Waals surface area contributed by atoms with Crippen LogP contribution in [-0.4, -0.2) is 45.9 Å². The molecular weight excluding hydrogens is 445 g/mol. The predicted octanol–water partition coefficient (Wildman–Crippen LogP) is 3.01. The summed E-state index contributed by atoms with van der Waals surface area (Å²) in [5.41, 5.74) is 1.22. The van der Waals surface area contributed by atoms with Gasteiger partial charge in [0.2, 0.25) is 0 Å². The van der Waals surface area contributed by atoms with Crippen molar-refractivity contribution in [2.45, 2.75) is 13.3 Å². The van der Waals surface area contributed by atoms with E-state index >= 15 is 0 Å². The van der Waals surface area contributed by atoms with Gasteiger partial charge in [0.05, 0.1) is 26.0 Å². The second-order valence-electron chi connectivity index (χ2n) is 5.57. The lowest BCUT2D eigenvalue weighted by Crippen LogP contribution is -2.40. The molecule has 2 aromatic rings. The minimum absolute atomic E-state index is 0. The van der Waals surface area contributed by atoms with Gasteiger partial charge < -0.3 is 24.5 Å². The molecule has 0 bridgehead atoms. The van der Waals surface area contributed by atoms with Gasteiger partial charge in [0.15, 0.2) is 5.96 Å². The third-order valence-electron chi connectivity index (χ3n) is 3.49. The first-order valence-corrected chi connectivity index (χ1v) is 8.51. The third kappa shape index (κ3) is 9.10. The van der Waals surface area contributed by atoms with Crippen LogP contribution in [0.5, 0.6) is 5.75 Å². The Balaban J connectivity index is 0.00000338.